The fourth-order valence-electron chi connectivity index (χ4n) is 5.61. The number of unbranched alkanes of at least 4 members (excludes halogenated alkanes) is 2. The number of nitrogens with one attached hydrogen (secondary N) is 1. The number of para-hydroxylation sites is 1. The zero-order chi connectivity index (χ0) is 27.2. The summed E-state index contributed by atoms with van der Waals surface area (Å²) in [5.74, 6) is -0.161. The van der Waals surface area contributed by atoms with E-state index in [9.17, 15) is 4.79 Å². The number of aromatic nitrogens is 2. The number of amides is 1. The van der Waals surface area contributed by atoms with E-state index in [0.29, 0.717) is 6.54 Å². The molecule has 0 aliphatic rings. The van der Waals surface area contributed by atoms with Crippen molar-refractivity contribution in [3.8, 4) is 0 Å². The molecule has 2 heterocycles. The van der Waals surface area contributed by atoms with E-state index in [4.69, 9.17) is 10.7 Å². The van der Waals surface area contributed by atoms with E-state index < -0.39 is 0 Å². The van der Waals surface area contributed by atoms with Gasteiger partial charge >= 0.3 is 0 Å². The van der Waals surface area contributed by atoms with Gasteiger partial charge in [0.2, 0.25) is 5.91 Å². The first-order valence-corrected chi connectivity index (χ1v) is 14.1. The number of benzene rings is 3. The molecular formula is C34H38N4O. The van der Waals surface area contributed by atoms with Crippen LogP contribution in [0.25, 0.3) is 16.6 Å². The molecule has 2 atom stereocenters. The average Bonchev–Trinajstić information content (AvgIpc) is 3.29. The number of fused-ring (bicyclic) bond motifs is 3. The molecule has 0 bridgehead atoms. The van der Waals surface area contributed by atoms with E-state index in [1.165, 1.54) is 27.7 Å². The molecule has 1 amide bonds. The highest BCUT2D eigenvalue weighted by atomic mass is 16.1. The number of rotatable bonds is 11. The Morgan fingerprint density at radius 3 is 2.41 bits per heavy atom. The molecule has 0 spiro atoms. The van der Waals surface area contributed by atoms with Gasteiger partial charge in [0.1, 0.15) is 5.65 Å². The summed E-state index contributed by atoms with van der Waals surface area (Å²) in [6, 6.07) is 28.9. The predicted octanol–water partition coefficient (Wildman–Crippen LogP) is 6.87. The van der Waals surface area contributed by atoms with Crippen LogP contribution in [-0.2, 0) is 11.2 Å². The van der Waals surface area contributed by atoms with Crippen molar-refractivity contribution in [1.82, 2.24) is 14.7 Å². The second kappa shape index (κ2) is 12.3. The lowest BCUT2D eigenvalue weighted by Gasteiger charge is -2.23. The van der Waals surface area contributed by atoms with Crippen molar-refractivity contribution in [2.24, 2.45) is 5.73 Å². The van der Waals surface area contributed by atoms with Gasteiger partial charge in [0, 0.05) is 35.8 Å². The highest BCUT2D eigenvalue weighted by Gasteiger charge is 2.23. The monoisotopic (exact) mass is 518 g/mol. The Hall–Kier alpha value is -3.96. The summed E-state index contributed by atoms with van der Waals surface area (Å²) in [5, 5.41) is 4.46. The second-order valence-electron chi connectivity index (χ2n) is 10.4. The molecule has 0 fully saturated rings. The molecular weight excluding hydrogens is 480 g/mol. The van der Waals surface area contributed by atoms with Crippen molar-refractivity contribution >= 4 is 22.5 Å². The van der Waals surface area contributed by atoms with Crippen LogP contribution in [0.5, 0.6) is 0 Å². The fraction of sp³-hybridized carbons (Fsp3) is 0.294. The molecule has 0 radical (unpaired) electrons. The van der Waals surface area contributed by atoms with Gasteiger partial charge in [0.15, 0.2) is 0 Å². The molecule has 0 aliphatic heterocycles. The second-order valence-corrected chi connectivity index (χ2v) is 10.4. The van der Waals surface area contributed by atoms with Crippen molar-refractivity contribution in [2.75, 3.05) is 6.54 Å². The number of nitrogens with zero attached hydrogens (tertiary/aromatic N) is 2. The SMILES string of the molecule is CCCCCC(C(=O)N[C@@H](CN)c1ccccc1)c1ccc(Cc2c3ccccc3n3c(C)ccnc23)cc1. The number of aryl methyl sites for hydroxylation is 1. The normalized spacial score (nSPS) is 13.0. The summed E-state index contributed by atoms with van der Waals surface area (Å²) >= 11 is 0. The Balaban J connectivity index is 1.40. The third-order valence-corrected chi connectivity index (χ3v) is 7.75. The Bertz CT molecular complexity index is 1540. The van der Waals surface area contributed by atoms with Gasteiger partial charge in [-0.15, -0.1) is 0 Å². The van der Waals surface area contributed by atoms with E-state index >= 15 is 0 Å². The Morgan fingerprint density at radius 1 is 0.923 bits per heavy atom. The van der Waals surface area contributed by atoms with Crippen LogP contribution < -0.4 is 11.1 Å². The zero-order valence-corrected chi connectivity index (χ0v) is 22.9. The molecule has 200 valence electrons. The topological polar surface area (TPSA) is 72.4 Å². The van der Waals surface area contributed by atoms with Crippen LogP contribution in [-0.4, -0.2) is 21.8 Å². The third-order valence-electron chi connectivity index (χ3n) is 7.75. The number of hydrogen-bond donors (Lipinski definition) is 2. The van der Waals surface area contributed by atoms with Gasteiger partial charge in [0.05, 0.1) is 17.5 Å². The lowest BCUT2D eigenvalue weighted by molar-refractivity contribution is -0.123. The highest BCUT2D eigenvalue weighted by molar-refractivity contribution is 5.91. The molecule has 1 unspecified atom stereocenters. The summed E-state index contributed by atoms with van der Waals surface area (Å²) < 4.78 is 2.24. The minimum Gasteiger partial charge on any atom is -0.347 e. The predicted molar refractivity (Wildman–Crippen MR) is 160 cm³/mol. The highest BCUT2D eigenvalue weighted by Crippen LogP contribution is 2.30. The van der Waals surface area contributed by atoms with Crippen molar-refractivity contribution in [1.29, 1.82) is 0 Å². The van der Waals surface area contributed by atoms with Gasteiger partial charge in [-0.3, -0.25) is 9.20 Å². The lowest BCUT2D eigenvalue weighted by atomic mass is 9.90. The van der Waals surface area contributed by atoms with Crippen molar-refractivity contribution < 1.29 is 4.79 Å². The van der Waals surface area contributed by atoms with E-state index in [1.807, 2.05) is 36.5 Å². The molecule has 0 saturated carbocycles. The average molecular weight is 519 g/mol. The number of hydrogen-bond acceptors (Lipinski definition) is 3. The first kappa shape index (κ1) is 26.6. The maximum absolute atomic E-state index is 13.6. The van der Waals surface area contributed by atoms with Crippen LogP contribution in [0.15, 0.2) is 91.1 Å². The molecule has 2 aromatic heterocycles. The van der Waals surface area contributed by atoms with Crippen LogP contribution in [0.1, 0.15) is 72.5 Å². The summed E-state index contributed by atoms with van der Waals surface area (Å²) in [5.41, 5.74) is 13.9. The molecule has 5 nitrogen and oxygen atoms in total. The quantitative estimate of drug-likeness (QED) is 0.188. The molecule has 5 rings (SSSR count). The number of nitrogens with two attached hydrogens (primary N) is 1. The summed E-state index contributed by atoms with van der Waals surface area (Å²) in [7, 11) is 0. The van der Waals surface area contributed by atoms with Crippen LogP contribution in [0.2, 0.25) is 0 Å². The molecule has 0 saturated heterocycles. The van der Waals surface area contributed by atoms with Gasteiger partial charge in [-0.2, -0.15) is 0 Å². The van der Waals surface area contributed by atoms with Crippen molar-refractivity contribution in [3.05, 3.63) is 119 Å². The third kappa shape index (κ3) is 5.74. The van der Waals surface area contributed by atoms with Crippen LogP contribution >= 0.6 is 0 Å². The Kier molecular flexibility index (Phi) is 8.38. The van der Waals surface area contributed by atoms with E-state index in [2.05, 4.69) is 78.2 Å². The zero-order valence-electron chi connectivity index (χ0n) is 22.9. The molecule has 39 heavy (non-hydrogen) atoms. The first-order chi connectivity index (χ1) is 19.1. The van der Waals surface area contributed by atoms with Crippen molar-refractivity contribution in [2.45, 2.75) is 57.9 Å². The van der Waals surface area contributed by atoms with E-state index in [-0.39, 0.29) is 17.9 Å². The molecule has 0 aliphatic carbocycles. The molecule has 3 N–H and O–H groups in total. The maximum Gasteiger partial charge on any atom is 0.228 e. The number of carbonyl (C=O) groups excluding carboxylic acids is 1. The lowest BCUT2D eigenvalue weighted by Crippen LogP contribution is -2.36. The van der Waals surface area contributed by atoms with Gasteiger partial charge in [-0.05, 0) is 42.2 Å². The Morgan fingerprint density at radius 2 is 1.67 bits per heavy atom. The summed E-state index contributed by atoms with van der Waals surface area (Å²) in [6.07, 6.45) is 6.74. The minimum absolute atomic E-state index is 0.0438. The smallest absolute Gasteiger partial charge is 0.228 e. The van der Waals surface area contributed by atoms with Gasteiger partial charge < -0.3 is 11.1 Å². The largest absolute Gasteiger partial charge is 0.347 e. The van der Waals surface area contributed by atoms with E-state index in [1.54, 1.807) is 0 Å². The first-order valence-electron chi connectivity index (χ1n) is 14.1. The molecule has 3 aromatic carbocycles. The fourth-order valence-corrected chi connectivity index (χ4v) is 5.61. The van der Waals surface area contributed by atoms with Gasteiger partial charge in [-0.25, -0.2) is 4.98 Å². The Labute approximate surface area is 231 Å². The maximum atomic E-state index is 13.6. The minimum atomic E-state index is -0.205. The van der Waals surface area contributed by atoms with E-state index in [0.717, 1.165) is 48.9 Å². The van der Waals surface area contributed by atoms with Crippen LogP contribution in [0.3, 0.4) is 0 Å². The van der Waals surface area contributed by atoms with Gasteiger partial charge in [-0.1, -0.05) is 99.0 Å². The van der Waals surface area contributed by atoms with Crippen LogP contribution in [0, 0.1) is 6.92 Å². The number of carbonyl (C=O) groups is 1. The summed E-state index contributed by atoms with van der Waals surface area (Å²) in [6.45, 7) is 4.68. The summed E-state index contributed by atoms with van der Waals surface area (Å²) in [4.78, 5) is 18.3. The van der Waals surface area contributed by atoms with Gasteiger partial charge in [0.25, 0.3) is 0 Å². The molecule has 5 aromatic rings. The van der Waals surface area contributed by atoms with Crippen molar-refractivity contribution in [3.63, 3.8) is 0 Å². The molecule has 5 heteroatoms. The van der Waals surface area contributed by atoms with Crippen LogP contribution in [0.4, 0.5) is 0 Å². The standard InChI is InChI=1S/C34H38N4O/c1-3-4-6-13-28(34(39)37-31(23-35)27-11-7-5-8-12-27)26-18-16-25(17-19-26)22-30-29-14-9-10-15-32(29)38-24(2)20-21-36-33(30)38/h5,7-12,14-21,28,31H,3-4,6,13,22-23,35H2,1-2H3,(H,37,39)/t28?,31-/m0/s1.